The highest BCUT2D eigenvalue weighted by Crippen LogP contribution is 2.23. The van der Waals surface area contributed by atoms with E-state index < -0.39 is 0 Å². The average molecular weight is 269 g/mol. The summed E-state index contributed by atoms with van der Waals surface area (Å²) < 4.78 is 13.6. The number of H-pyrrole nitrogens is 1. The number of hydrogen-bond donors (Lipinski definition) is 2. The van der Waals surface area contributed by atoms with E-state index in [-0.39, 0.29) is 11.9 Å². The molecular weight excluding hydrogens is 253 g/mol. The van der Waals surface area contributed by atoms with Crippen molar-refractivity contribution in [2.24, 2.45) is 0 Å². The van der Waals surface area contributed by atoms with E-state index in [0.29, 0.717) is 5.56 Å². The predicted octanol–water partition coefficient (Wildman–Crippen LogP) is 4.18. The Labute approximate surface area is 116 Å². The number of rotatable bonds is 3. The minimum absolute atomic E-state index is 0.0365. The van der Waals surface area contributed by atoms with Gasteiger partial charge in [0, 0.05) is 17.1 Å². The lowest BCUT2D eigenvalue weighted by Crippen LogP contribution is -2.07. The number of fused-ring (bicyclic) bond motifs is 1. The fourth-order valence-corrected chi connectivity index (χ4v) is 2.24. The molecule has 1 aromatic heterocycles. The van der Waals surface area contributed by atoms with Gasteiger partial charge in [-0.3, -0.25) is 5.10 Å². The minimum Gasteiger partial charge on any atom is -0.378 e. The second-order valence-electron chi connectivity index (χ2n) is 5.05. The Morgan fingerprint density at radius 2 is 2.05 bits per heavy atom. The Morgan fingerprint density at radius 3 is 2.85 bits per heavy atom. The van der Waals surface area contributed by atoms with Crippen molar-refractivity contribution in [1.29, 1.82) is 0 Å². The molecule has 2 aromatic carbocycles. The van der Waals surface area contributed by atoms with Crippen LogP contribution < -0.4 is 5.32 Å². The maximum Gasteiger partial charge on any atom is 0.126 e. The van der Waals surface area contributed by atoms with Gasteiger partial charge in [0.1, 0.15) is 5.82 Å². The molecule has 0 aliphatic carbocycles. The summed E-state index contributed by atoms with van der Waals surface area (Å²) in [5, 5.41) is 11.3. The molecule has 0 spiro atoms. The monoisotopic (exact) mass is 269 g/mol. The maximum atomic E-state index is 13.6. The second kappa shape index (κ2) is 4.96. The van der Waals surface area contributed by atoms with Crippen LogP contribution in [0.25, 0.3) is 10.9 Å². The van der Waals surface area contributed by atoms with Gasteiger partial charge in [-0.05, 0) is 49.2 Å². The van der Waals surface area contributed by atoms with Crippen LogP contribution in [0.4, 0.5) is 10.1 Å². The number of nitrogens with zero attached hydrogens (tertiary/aromatic N) is 1. The molecule has 0 aliphatic heterocycles. The van der Waals surface area contributed by atoms with Crippen LogP contribution in [-0.4, -0.2) is 10.2 Å². The van der Waals surface area contributed by atoms with Crippen LogP contribution in [0.5, 0.6) is 0 Å². The number of hydrogen-bond acceptors (Lipinski definition) is 2. The lowest BCUT2D eigenvalue weighted by molar-refractivity contribution is 0.614. The molecule has 4 heteroatoms. The van der Waals surface area contributed by atoms with Gasteiger partial charge in [0.05, 0.1) is 11.7 Å². The molecule has 0 bridgehead atoms. The Balaban J connectivity index is 1.83. The molecule has 0 fully saturated rings. The molecule has 1 heterocycles. The summed E-state index contributed by atoms with van der Waals surface area (Å²) in [7, 11) is 0. The summed E-state index contributed by atoms with van der Waals surface area (Å²) in [5.74, 6) is -0.165. The third-order valence-corrected chi connectivity index (χ3v) is 3.52. The molecule has 102 valence electrons. The summed E-state index contributed by atoms with van der Waals surface area (Å²) in [4.78, 5) is 0. The molecule has 20 heavy (non-hydrogen) atoms. The van der Waals surface area contributed by atoms with E-state index in [1.165, 1.54) is 0 Å². The number of benzene rings is 2. The molecule has 3 nitrogen and oxygen atoms in total. The van der Waals surface area contributed by atoms with Gasteiger partial charge in [0.2, 0.25) is 0 Å². The van der Waals surface area contributed by atoms with Crippen LogP contribution >= 0.6 is 0 Å². The molecule has 3 rings (SSSR count). The normalized spacial score (nSPS) is 12.6. The van der Waals surface area contributed by atoms with E-state index >= 15 is 0 Å². The zero-order chi connectivity index (χ0) is 14.1. The van der Waals surface area contributed by atoms with E-state index in [0.717, 1.165) is 22.2 Å². The van der Waals surface area contributed by atoms with Gasteiger partial charge in [0.15, 0.2) is 0 Å². The smallest absolute Gasteiger partial charge is 0.126 e. The van der Waals surface area contributed by atoms with Gasteiger partial charge < -0.3 is 5.32 Å². The highest BCUT2D eigenvalue weighted by Gasteiger charge is 2.08. The van der Waals surface area contributed by atoms with Crippen molar-refractivity contribution in [2.45, 2.75) is 19.9 Å². The van der Waals surface area contributed by atoms with E-state index in [4.69, 9.17) is 0 Å². The van der Waals surface area contributed by atoms with Crippen molar-refractivity contribution < 1.29 is 4.39 Å². The quantitative estimate of drug-likeness (QED) is 0.748. The Kier molecular flexibility index (Phi) is 3.14. The first kappa shape index (κ1) is 12.7. The Bertz CT molecular complexity index is 748. The number of aryl methyl sites for hydroxylation is 1. The molecule has 0 saturated carbocycles. The van der Waals surface area contributed by atoms with Crippen LogP contribution in [0, 0.1) is 12.7 Å². The topological polar surface area (TPSA) is 40.7 Å². The first-order valence-electron chi connectivity index (χ1n) is 6.59. The van der Waals surface area contributed by atoms with E-state index in [2.05, 4.69) is 15.5 Å². The molecule has 1 atom stereocenters. The van der Waals surface area contributed by atoms with Gasteiger partial charge in [-0.25, -0.2) is 4.39 Å². The van der Waals surface area contributed by atoms with E-state index in [9.17, 15) is 4.39 Å². The summed E-state index contributed by atoms with van der Waals surface area (Å²) in [6, 6.07) is 11.4. The third-order valence-electron chi connectivity index (χ3n) is 3.52. The van der Waals surface area contributed by atoms with Gasteiger partial charge >= 0.3 is 0 Å². The lowest BCUT2D eigenvalue weighted by Gasteiger charge is -2.16. The largest absolute Gasteiger partial charge is 0.378 e. The number of anilines is 1. The first-order chi connectivity index (χ1) is 9.63. The van der Waals surface area contributed by atoms with Crippen LogP contribution in [-0.2, 0) is 0 Å². The van der Waals surface area contributed by atoms with Crippen molar-refractivity contribution in [1.82, 2.24) is 10.2 Å². The fraction of sp³-hybridized carbons (Fsp3) is 0.188. The van der Waals surface area contributed by atoms with Crippen molar-refractivity contribution in [2.75, 3.05) is 5.32 Å². The predicted molar refractivity (Wildman–Crippen MR) is 79.3 cm³/mol. The number of aromatic amines is 1. The van der Waals surface area contributed by atoms with Gasteiger partial charge in [0.25, 0.3) is 0 Å². The van der Waals surface area contributed by atoms with E-state index in [1.54, 1.807) is 19.2 Å². The lowest BCUT2D eigenvalue weighted by atomic mass is 10.1. The van der Waals surface area contributed by atoms with Crippen LogP contribution in [0.1, 0.15) is 24.1 Å². The third kappa shape index (κ3) is 2.37. The Morgan fingerprint density at radius 1 is 1.20 bits per heavy atom. The highest BCUT2D eigenvalue weighted by molar-refractivity contribution is 5.81. The second-order valence-corrected chi connectivity index (χ2v) is 5.05. The molecule has 0 aliphatic rings. The average Bonchev–Trinajstić information content (AvgIpc) is 2.89. The summed E-state index contributed by atoms with van der Waals surface area (Å²) in [5.41, 5.74) is 3.60. The van der Waals surface area contributed by atoms with Crippen molar-refractivity contribution >= 4 is 16.6 Å². The van der Waals surface area contributed by atoms with Crippen LogP contribution in [0.3, 0.4) is 0 Å². The Hall–Kier alpha value is -2.36. The first-order valence-corrected chi connectivity index (χ1v) is 6.59. The zero-order valence-electron chi connectivity index (χ0n) is 11.4. The zero-order valence-corrected chi connectivity index (χ0v) is 11.4. The molecule has 0 radical (unpaired) electrons. The van der Waals surface area contributed by atoms with Gasteiger partial charge in [-0.1, -0.05) is 12.1 Å². The standard InChI is InChI=1S/C16H16FN3/c1-10-3-4-12(8-15(10)17)11(2)19-14-5-6-16-13(7-14)9-18-20-16/h3-9,11,19H,1-2H3,(H,18,20). The van der Waals surface area contributed by atoms with Crippen molar-refractivity contribution in [3.05, 3.63) is 59.5 Å². The summed E-state index contributed by atoms with van der Waals surface area (Å²) in [6.45, 7) is 3.79. The molecule has 3 aromatic rings. The van der Waals surface area contributed by atoms with Crippen LogP contribution in [0.15, 0.2) is 42.6 Å². The van der Waals surface area contributed by atoms with Gasteiger partial charge in [-0.2, -0.15) is 5.10 Å². The molecule has 1 unspecified atom stereocenters. The minimum atomic E-state index is -0.165. The maximum absolute atomic E-state index is 13.6. The highest BCUT2D eigenvalue weighted by atomic mass is 19.1. The molecule has 2 N–H and O–H groups in total. The summed E-state index contributed by atoms with van der Waals surface area (Å²) >= 11 is 0. The van der Waals surface area contributed by atoms with Gasteiger partial charge in [-0.15, -0.1) is 0 Å². The number of nitrogens with one attached hydrogen (secondary N) is 2. The summed E-state index contributed by atoms with van der Waals surface area (Å²) in [6.07, 6.45) is 1.79. The SMILES string of the molecule is Cc1ccc(C(C)Nc2ccc3[nH]ncc3c2)cc1F. The number of aromatic nitrogens is 2. The molecule has 0 amide bonds. The van der Waals surface area contributed by atoms with E-state index in [1.807, 2.05) is 37.3 Å². The fourth-order valence-electron chi connectivity index (χ4n) is 2.24. The van der Waals surface area contributed by atoms with Crippen molar-refractivity contribution in [3.63, 3.8) is 0 Å². The molecular formula is C16H16FN3. The number of halogens is 1. The van der Waals surface area contributed by atoms with Crippen molar-refractivity contribution in [3.8, 4) is 0 Å². The molecule has 0 saturated heterocycles. The van der Waals surface area contributed by atoms with Crippen LogP contribution in [0.2, 0.25) is 0 Å².